The standard InChI is InChI=1S/C12H25NO2/c1-3-14-11(15-4-2)9-12(10-13)7-5-6-8-12/h11H,3-10,13H2,1-2H3. The van der Waals surface area contributed by atoms with Crippen LogP contribution in [0, 0.1) is 5.41 Å². The van der Waals surface area contributed by atoms with Crippen molar-refractivity contribution < 1.29 is 9.47 Å². The van der Waals surface area contributed by atoms with E-state index in [1.165, 1.54) is 25.7 Å². The van der Waals surface area contributed by atoms with E-state index in [9.17, 15) is 0 Å². The second-order valence-electron chi connectivity index (χ2n) is 4.46. The molecule has 0 heterocycles. The van der Waals surface area contributed by atoms with Crippen molar-refractivity contribution in [2.45, 2.75) is 52.2 Å². The van der Waals surface area contributed by atoms with Crippen LogP contribution in [0.15, 0.2) is 0 Å². The fourth-order valence-corrected chi connectivity index (χ4v) is 2.51. The van der Waals surface area contributed by atoms with Crippen LogP contribution in [0.2, 0.25) is 0 Å². The fraction of sp³-hybridized carbons (Fsp3) is 1.00. The highest BCUT2D eigenvalue weighted by atomic mass is 16.7. The Balaban J connectivity index is 2.46. The fourth-order valence-electron chi connectivity index (χ4n) is 2.51. The Bertz CT molecular complexity index is 161. The van der Waals surface area contributed by atoms with E-state index in [1.807, 2.05) is 13.8 Å². The van der Waals surface area contributed by atoms with Crippen molar-refractivity contribution in [3.63, 3.8) is 0 Å². The smallest absolute Gasteiger partial charge is 0.158 e. The van der Waals surface area contributed by atoms with Crippen LogP contribution < -0.4 is 5.73 Å². The Morgan fingerprint density at radius 3 is 2.07 bits per heavy atom. The lowest BCUT2D eigenvalue weighted by Gasteiger charge is -2.31. The molecule has 0 radical (unpaired) electrons. The Kier molecular flexibility index (Phi) is 5.58. The van der Waals surface area contributed by atoms with E-state index in [0.717, 1.165) is 13.0 Å². The molecule has 0 amide bonds. The van der Waals surface area contributed by atoms with Crippen molar-refractivity contribution in [1.29, 1.82) is 0 Å². The van der Waals surface area contributed by atoms with E-state index in [4.69, 9.17) is 15.2 Å². The summed E-state index contributed by atoms with van der Waals surface area (Å²) in [7, 11) is 0. The molecule has 90 valence electrons. The van der Waals surface area contributed by atoms with Gasteiger partial charge in [-0.05, 0) is 38.6 Å². The molecule has 1 fully saturated rings. The van der Waals surface area contributed by atoms with Crippen molar-refractivity contribution in [2.24, 2.45) is 11.1 Å². The zero-order chi connectivity index (χ0) is 11.1. The van der Waals surface area contributed by atoms with Gasteiger partial charge in [0.25, 0.3) is 0 Å². The molecule has 0 aromatic carbocycles. The number of hydrogen-bond acceptors (Lipinski definition) is 3. The lowest BCUT2D eigenvalue weighted by molar-refractivity contribution is -0.154. The molecular weight excluding hydrogens is 190 g/mol. The van der Waals surface area contributed by atoms with E-state index >= 15 is 0 Å². The number of ether oxygens (including phenoxy) is 2. The molecular formula is C12H25NO2. The summed E-state index contributed by atoms with van der Waals surface area (Å²) in [6.45, 7) is 6.21. The zero-order valence-corrected chi connectivity index (χ0v) is 10.1. The first-order chi connectivity index (χ1) is 7.26. The molecule has 0 bridgehead atoms. The summed E-state index contributed by atoms with van der Waals surface area (Å²) in [6, 6.07) is 0. The van der Waals surface area contributed by atoms with Gasteiger partial charge in [0.05, 0.1) is 0 Å². The number of hydrogen-bond donors (Lipinski definition) is 1. The molecule has 0 spiro atoms. The second-order valence-corrected chi connectivity index (χ2v) is 4.46. The van der Waals surface area contributed by atoms with Gasteiger partial charge in [-0.3, -0.25) is 0 Å². The van der Waals surface area contributed by atoms with Gasteiger partial charge in [-0.1, -0.05) is 12.8 Å². The van der Waals surface area contributed by atoms with Crippen LogP contribution in [0.5, 0.6) is 0 Å². The van der Waals surface area contributed by atoms with Gasteiger partial charge in [-0.15, -0.1) is 0 Å². The topological polar surface area (TPSA) is 44.5 Å². The van der Waals surface area contributed by atoms with E-state index in [-0.39, 0.29) is 11.7 Å². The predicted octanol–water partition coefficient (Wildman–Crippen LogP) is 2.29. The Morgan fingerprint density at radius 1 is 1.13 bits per heavy atom. The first kappa shape index (κ1) is 12.9. The summed E-state index contributed by atoms with van der Waals surface area (Å²) in [5, 5.41) is 0. The van der Waals surface area contributed by atoms with Gasteiger partial charge in [0.1, 0.15) is 0 Å². The SMILES string of the molecule is CCOC(CC1(CN)CCCC1)OCC. The van der Waals surface area contributed by atoms with E-state index in [1.54, 1.807) is 0 Å². The van der Waals surface area contributed by atoms with Gasteiger partial charge < -0.3 is 15.2 Å². The van der Waals surface area contributed by atoms with Crippen molar-refractivity contribution in [3.05, 3.63) is 0 Å². The van der Waals surface area contributed by atoms with Crippen LogP contribution in [0.4, 0.5) is 0 Å². The Labute approximate surface area is 93.3 Å². The highest BCUT2D eigenvalue weighted by molar-refractivity contribution is 4.86. The summed E-state index contributed by atoms with van der Waals surface area (Å²) in [5.41, 5.74) is 6.19. The van der Waals surface area contributed by atoms with Gasteiger partial charge in [-0.2, -0.15) is 0 Å². The molecule has 3 heteroatoms. The van der Waals surface area contributed by atoms with Crippen molar-refractivity contribution in [3.8, 4) is 0 Å². The van der Waals surface area contributed by atoms with E-state index < -0.39 is 0 Å². The largest absolute Gasteiger partial charge is 0.353 e. The molecule has 0 aromatic heterocycles. The van der Waals surface area contributed by atoms with Crippen molar-refractivity contribution in [2.75, 3.05) is 19.8 Å². The van der Waals surface area contributed by atoms with Crippen molar-refractivity contribution in [1.82, 2.24) is 0 Å². The van der Waals surface area contributed by atoms with E-state index in [0.29, 0.717) is 13.2 Å². The first-order valence-electron chi connectivity index (χ1n) is 6.19. The minimum absolute atomic E-state index is 0.0540. The maximum absolute atomic E-state index is 5.90. The first-order valence-corrected chi connectivity index (χ1v) is 6.19. The molecule has 15 heavy (non-hydrogen) atoms. The maximum Gasteiger partial charge on any atom is 0.158 e. The maximum atomic E-state index is 5.90. The molecule has 1 aliphatic carbocycles. The van der Waals surface area contributed by atoms with Crippen LogP contribution in [0.3, 0.4) is 0 Å². The molecule has 3 nitrogen and oxygen atoms in total. The van der Waals surface area contributed by atoms with Crippen molar-refractivity contribution >= 4 is 0 Å². The van der Waals surface area contributed by atoms with Crippen LogP contribution in [0.25, 0.3) is 0 Å². The highest BCUT2D eigenvalue weighted by Crippen LogP contribution is 2.41. The molecule has 1 aliphatic rings. The molecule has 0 unspecified atom stereocenters. The highest BCUT2D eigenvalue weighted by Gasteiger charge is 2.35. The molecule has 0 atom stereocenters. The van der Waals surface area contributed by atoms with Crippen LogP contribution in [0.1, 0.15) is 46.0 Å². The van der Waals surface area contributed by atoms with Gasteiger partial charge in [0, 0.05) is 19.6 Å². The minimum Gasteiger partial charge on any atom is -0.353 e. The predicted molar refractivity (Wildman–Crippen MR) is 61.6 cm³/mol. The zero-order valence-electron chi connectivity index (χ0n) is 10.1. The third-order valence-corrected chi connectivity index (χ3v) is 3.40. The summed E-state index contributed by atoms with van der Waals surface area (Å²) >= 11 is 0. The molecule has 0 saturated heterocycles. The summed E-state index contributed by atoms with van der Waals surface area (Å²) in [5.74, 6) is 0. The average molecular weight is 215 g/mol. The molecule has 0 aromatic rings. The second kappa shape index (κ2) is 6.46. The van der Waals surface area contributed by atoms with Crippen LogP contribution in [-0.4, -0.2) is 26.0 Å². The average Bonchev–Trinajstić information content (AvgIpc) is 2.68. The number of nitrogens with two attached hydrogens (primary N) is 1. The van der Waals surface area contributed by atoms with E-state index in [2.05, 4.69) is 0 Å². The van der Waals surface area contributed by atoms with Gasteiger partial charge in [-0.25, -0.2) is 0 Å². The molecule has 0 aliphatic heterocycles. The lowest BCUT2D eigenvalue weighted by Crippen LogP contribution is -2.34. The molecule has 2 N–H and O–H groups in total. The van der Waals surface area contributed by atoms with Crippen LogP contribution in [-0.2, 0) is 9.47 Å². The molecule has 1 rings (SSSR count). The van der Waals surface area contributed by atoms with Gasteiger partial charge in [0.15, 0.2) is 6.29 Å². The normalized spacial score (nSPS) is 20.0. The third-order valence-electron chi connectivity index (χ3n) is 3.40. The quantitative estimate of drug-likeness (QED) is 0.663. The minimum atomic E-state index is -0.0540. The summed E-state index contributed by atoms with van der Waals surface area (Å²) in [4.78, 5) is 0. The van der Waals surface area contributed by atoms with Crippen LogP contribution >= 0.6 is 0 Å². The number of rotatable bonds is 7. The monoisotopic (exact) mass is 215 g/mol. The summed E-state index contributed by atoms with van der Waals surface area (Å²) < 4.78 is 11.2. The summed E-state index contributed by atoms with van der Waals surface area (Å²) in [6.07, 6.45) is 6.00. The lowest BCUT2D eigenvalue weighted by atomic mass is 9.82. The van der Waals surface area contributed by atoms with Gasteiger partial charge in [0.2, 0.25) is 0 Å². The Hall–Kier alpha value is -0.120. The Morgan fingerprint density at radius 2 is 1.67 bits per heavy atom. The van der Waals surface area contributed by atoms with Gasteiger partial charge >= 0.3 is 0 Å². The molecule has 1 saturated carbocycles. The third kappa shape index (κ3) is 3.74.